The number of nitrogens with zero attached hydrogens (tertiary/aromatic N) is 4. The number of ether oxygens (including phenoxy) is 1. The summed E-state index contributed by atoms with van der Waals surface area (Å²) >= 11 is 11.9. The Labute approximate surface area is 142 Å². The van der Waals surface area contributed by atoms with Gasteiger partial charge in [-0.15, -0.1) is 0 Å². The second kappa shape index (κ2) is 5.96. The number of hydrogen-bond acceptors (Lipinski definition) is 5. The van der Waals surface area contributed by atoms with Crippen LogP contribution >= 0.6 is 23.2 Å². The van der Waals surface area contributed by atoms with Crippen molar-refractivity contribution >= 4 is 40.2 Å². The highest BCUT2D eigenvalue weighted by molar-refractivity contribution is 6.42. The summed E-state index contributed by atoms with van der Waals surface area (Å²) in [6.45, 7) is 1.96. The summed E-state index contributed by atoms with van der Waals surface area (Å²) in [5, 5.41) is 8.72. The molecule has 8 heteroatoms. The van der Waals surface area contributed by atoms with Gasteiger partial charge in [0.2, 0.25) is 5.95 Å². The number of anilines is 1. The van der Waals surface area contributed by atoms with Crippen molar-refractivity contribution in [1.29, 1.82) is 0 Å². The number of rotatable bonds is 4. The average Bonchev–Trinajstić information content (AvgIpc) is 2.89. The van der Waals surface area contributed by atoms with Crippen molar-refractivity contribution in [3.05, 3.63) is 46.2 Å². The first-order valence-electron chi connectivity index (χ1n) is 7.16. The largest absolute Gasteiger partial charge is 0.377 e. The molecule has 0 unspecified atom stereocenters. The van der Waals surface area contributed by atoms with Crippen molar-refractivity contribution in [1.82, 2.24) is 19.7 Å². The van der Waals surface area contributed by atoms with E-state index >= 15 is 0 Å². The van der Waals surface area contributed by atoms with Crippen LogP contribution in [-0.4, -0.2) is 33.0 Å². The van der Waals surface area contributed by atoms with Gasteiger partial charge >= 0.3 is 0 Å². The summed E-state index contributed by atoms with van der Waals surface area (Å²) in [5.41, 5.74) is 2.59. The molecule has 0 aliphatic carbocycles. The smallest absolute Gasteiger partial charge is 0.223 e. The summed E-state index contributed by atoms with van der Waals surface area (Å²) in [6.07, 6.45) is 3.64. The third-order valence-corrected chi connectivity index (χ3v) is 4.44. The molecular weight excluding hydrogens is 337 g/mol. The van der Waals surface area contributed by atoms with Gasteiger partial charge < -0.3 is 10.1 Å². The first-order valence-corrected chi connectivity index (χ1v) is 7.92. The molecule has 1 fully saturated rings. The Kier molecular flexibility index (Phi) is 3.80. The molecule has 2 aromatic heterocycles. The van der Waals surface area contributed by atoms with Gasteiger partial charge in [0.1, 0.15) is 11.0 Å². The third-order valence-electron chi connectivity index (χ3n) is 3.70. The zero-order valence-electron chi connectivity index (χ0n) is 12.0. The average molecular weight is 350 g/mol. The van der Waals surface area contributed by atoms with Gasteiger partial charge in [-0.25, -0.2) is 9.97 Å². The highest BCUT2D eigenvalue weighted by atomic mass is 35.5. The molecular formula is C15H13Cl2N5O. The standard InChI is InChI=1S/C15H13Cl2N5O/c16-11-2-1-9(3-12(11)17)4-18-15-19-5-13-14(20-15)6-22(21-13)10-7-23-8-10/h1-3,5-6,10H,4,7-8H2,(H,18,20). The number of nitrogens with one attached hydrogen (secondary N) is 1. The van der Waals surface area contributed by atoms with E-state index in [1.807, 2.05) is 23.0 Å². The quantitative estimate of drug-likeness (QED) is 0.782. The van der Waals surface area contributed by atoms with Gasteiger partial charge in [0, 0.05) is 6.54 Å². The Hall–Kier alpha value is -1.89. The van der Waals surface area contributed by atoms with Gasteiger partial charge in [-0.3, -0.25) is 4.68 Å². The Morgan fingerprint density at radius 3 is 2.83 bits per heavy atom. The molecule has 118 valence electrons. The lowest BCUT2D eigenvalue weighted by Gasteiger charge is -2.25. The second-order valence-electron chi connectivity index (χ2n) is 5.37. The number of halogens is 2. The van der Waals surface area contributed by atoms with Crippen molar-refractivity contribution in [2.75, 3.05) is 18.5 Å². The highest BCUT2D eigenvalue weighted by Gasteiger charge is 2.21. The van der Waals surface area contributed by atoms with E-state index in [9.17, 15) is 0 Å². The summed E-state index contributed by atoms with van der Waals surface area (Å²) in [7, 11) is 0. The van der Waals surface area contributed by atoms with Crippen LogP contribution in [-0.2, 0) is 11.3 Å². The predicted molar refractivity (Wildman–Crippen MR) is 89.0 cm³/mol. The van der Waals surface area contributed by atoms with E-state index in [4.69, 9.17) is 27.9 Å². The van der Waals surface area contributed by atoms with E-state index < -0.39 is 0 Å². The molecule has 1 N–H and O–H groups in total. The highest BCUT2D eigenvalue weighted by Crippen LogP contribution is 2.23. The van der Waals surface area contributed by atoms with Gasteiger partial charge in [-0.1, -0.05) is 29.3 Å². The predicted octanol–water partition coefficient (Wildman–Crippen LogP) is 3.32. The van der Waals surface area contributed by atoms with E-state index in [1.54, 1.807) is 12.3 Å². The zero-order chi connectivity index (χ0) is 15.8. The Morgan fingerprint density at radius 1 is 1.22 bits per heavy atom. The molecule has 0 saturated carbocycles. The number of aromatic nitrogens is 4. The second-order valence-corrected chi connectivity index (χ2v) is 6.18. The number of benzene rings is 1. The molecule has 0 radical (unpaired) electrons. The maximum atomic E-state index is 6.01. The monoisotopic (exact) mass is 349 g/mol. The molecule has 0 bridgehead atoms. The minimum Gasteiger partial charge on any atom is -0.377 e. The fraction of sp³-hybridized carbons (Fsp3) is 0.267. The molecule has 4 rings (SSSR count). The van der Waals surface area contributed by atoms with Crippen LogP contribution in [0, 0.1) is 0 Å². The summed E-state index contributed by atoms with van der Waals surface area (Å²) in [4.78, 5) is 8.78. The molecule has 1 aromatic carbocycles. The SMILES string of the molecule is Clc1ccc(CNc2ncc3nn(C4COC4)cc3n2)cc1Cl. The first kappa shape index (κ1) is 14.7. The van der Waals surface area contributed by atoms with Crippen LogP contribution in [0.15, 0.2) is 30.6 Å². The van der Waals surface area contributed by atoms with Crippen LogP contribution in [0.4, 0.5) is 5.95 Å². The van der Waals surface area contributed by atoms with E-state index in [-0.39, 0.29) is 0 Å². The van der Waals surface area contributed by atoms with Gasteiger partial charge in [-0.2, -0.15) is 5.10 Å². The molecule has 0 spiro atoms. The summed E-state index contributed by atoms with van der Waals surface area (Å²) in [5.74, 6) is 0.549. The number of hydrogen-bond donors (Lipinski definition) is 1. The molecule has 23 heavy (non-hydrogen) atoms. The van der Waals surface area contributed by atoms with E-state index in [2.05, 4.69) is 20.4 Å². The third kappa shape index (κ3) is 2.97. The zero-order valence-corrected chi connectivity index (χ0v) is 13.6. The van der Waals surface area contributed by atoms with Crippen molar-refractivity contribution in [3.8, 4) is 0 Å². The molecule has 6 nitrogen and oxygen atoms in total. The minimum absolute atomic E-state index is 0.303. The van der Waals surface area contributed by atoms with Gasteiger partial charge in [0.15, 0.2) is 0 Å². The van der Waals surface area contributed by atoms with Crippen molar-refractivity contribution in [2.45, 2.75) is 12.6 Å². The molecule has 1 aliphatic heterocycles. The van der Waals surface area contributed by atoms with Crippen LogP contribution in [0.2, 0.25) is 10.0 Å². The van der Waals surface area contributed by atoms with Crippen LogP contribution in [0.3, 0.4) is 0 Å². The minimum atomic E-state index is 0.303. The van der Waals surface area contributed by atoms with Crippen LogP contribution in [0.25, 0.3) is 11.0 Å². The van der Waals surface area contributed by atoms with Gasteiger partial charge in [-0.05, 0) is 17.7 Å². The maximum absolute atomic E-state index is 6.01. The lowest BCUT2D eigenvalue weighted by atomic mass is 10.2. The molecule has 3 heterocycles. The molecule has 0 atom stereocenters. The van der Waals surface area contributed by atoms with E-state index in [0.717, 1.165) is 16.6 Å². The fourth-order valence-corrected chi connectivity index (χ4v) is 2.64. The fourth-order valence-electron chi connectivity index (χ4n) is 2.32. The molecule has 0 amide bonds. The lowest BCUT2D eigenvalue weighted by molar-refractivity contribution is -0.0283. The van der Waals surface area contributed by atoms with Gasteiger partial charge in [0.05, 0.1) is 41.7 Å². The Bertz CT molecular complexity index is 862. The number of fused-ring (bicyclic) bond motifs is 1. The molecule has 1 aliphatic rings. The normalized spacial score (nSPS) is 14.9. The lowest BCUT2D eigenvalue weighted by Crippen LogP contribution is -2.30. The molecule has 1 saturated heterocycles. The van der Waals surface area contributed by atoms with Crippen LogP contribution in [0.1, 0.15) is 11.6 Å². The Morgan fingerprint density at radius 2 is 2.09 bits per heavy atom. The Balaban J connectivity index is 1.50. The first-order chi connectivity index (χ1) is 11.2. The van der Waals surface area contributed by atoms with E-state index in [0.29, 0.717) is 41.8 Å². The maximum Gasteiger partial charge on any atom is 0.223 e. The van der Waals surface area contributed by atoms with Crippen LogP contribution in [0.5, 0.6) is 0 Å². The van der Waals surface area contributed by atoms with Crippen molar-refractivity contribution < 1.29 is 4.74 Å². The van der Waals surface area contributed by atoms with Crippen molar-refractivity contribution in [2.24, 2.45) is 0 Å². The van der Waals surface area contributed by atoms with Crippen LogP contribution < -0.4 is 5.32 Å². The topological polar surface area (TPSA) is 64.9 Å². The van der Waals surface area contributed by atoms with Gasteiger partial charge in [0.25, 0.3) is 0 Å². The summed E-state index contributed by atoms with van der Waals surface area (Å²) in [6, 6.07) is 5.81. The molecule has 3 aromatic rings. The van der Waals surface area contributed by atoms with E-state index in [1.165, 1.54) is 0 Å². The summed E-state index contributed by atoms with van der Waals surface area (Å²) < 4.78 is 7.08. The van der Waals surface area contributed by atoms with Crippen molar-refractivity contribution in [3.63, 3.8) is 0 Å².